The molecule has 0 unspecified atom stereocenters. The molecule has 4 heteroatoms. The van der Waals surface area contributed by atoms with E-state index in [0.717, 1.165) is 19.4 Å². The first-order valence-electron chi connectivity index (χ1n) is 4.77. The molecule has 1 aliphatic carbocycles. The number of rotatable bonds is 6. The first-order valence-corrected chi connectivity index (χ1v) is 4.77. The van der Waals surface area contributed by atoms with Crippen LogP contribution in [0.1, 0.15) is 19.3 Å². The number of hydrogen-bond acceptors (Lipinski definition) is 4. The van der Waals surface area contributed by atoms with Crippen LogP contribution in [0.25, 0.3) is 0 Å². The molecule has 1 fully saturated rings. The minimum atomic E-state index is -0.658. The van der Waals surface area contributed by atoms with Gasteiger partial charge in [0.1, 0.15) is 0 Å². The second-order valence-electron chi connectivity index (χ2n) is 3.71. The summed E-state index contributed by atoms with van der Waals surface area (Å²) >= 11 is 0. The van der Waals surface area contributed by atoms with Crippen molar-refractivity contribution in [3.05, 3.63) is 0 Å². The van der Waals surface area contributed by atoms with Crippen LogP contribution in [0.3, 0.4) is 0 Å². The van der Waals surface area contributed by atoms with Crippen LogP contribution in [0.2, 0.25) is 0 Å². The van der Waals surface area contributed by atoms with Gasteiger partial charge in [-0.05, 0) is 19.3 Å². The van der Waals surface area contributed by atoms with Crippen molar-refractivity contribution in [1.82, 2.24) is 5.32 Å². The number of hydrogen-bond donors (Lipinski definition) is 3. The fourth-order valence-electron chi connectivity index (χ4n) is 1.56. The Hall–Kier alpha value is -0.160. The van der Waals surface area contributed by atoms with Crippen molar-refractivity contribution in [2.24, 2.45) is 0 Å². The third kappa shape index (κ3) is 2.91. The Kier molecular flexibility index (Phi) is 4.12. The average molecular weight is 189 g/mol. The zero-order chi connectivity index (χ0) is 9.73. The van der Waals surface area contributed by atoms with Gasteiger partial charge in [-0.1, -0.05) is 0 Å². The van der Waals surface area contributed by atoms with Gasteiger partial charge in [-0.15, -0.1) is 0 Å². The maximum absolute atomic E-state index is 9.06. The first kappa shape index (κ1) is 10.9. The molecular weight excluding hydrogens is 170 g/mol. The molecule has 1 atom stereocenters. The zero-order valence-corrected chi connectivity index (χ0v) is 8.12. The Labute approximate surface area is 78.9 Å². The van der Waals surface area contributed by atoms with E-state index in [1.54, 1.807) is 7.11 Å². The van der Waals surface area contributed by atoms with Crippen molar-refractivity contribution in [2.75, 3.05) is 26.8 Å². The van der Waals surface area contributed by atoms with Crippen LogP contribution in [0.5, 0.6) is 0 Å². The number of methoxy groups -OCH3 is 1. The highest BCUT2D eigenvalue weighted by Gasteiger charge is 2.36. The van der Waals surface area contributed by atoms with Crippen molar-refractivity contribution >= 4 is 0 Å². The van der Waals surface area contributed by atoms with Crippen LogP contribution in [0.4, 0.5) is 0 Å². The van der Waals surface area contributed by atoms with Crippen LogP contribution < -0.4 is 5.32 Å². The van der Waals surface area contributed by atoms with Gasteiger partial charge < -0.3 is 20.3 Å². The summed E-state index contributed by atoms with van der Waals surface area (Å²) in [6.07, 6.45) is 2.74. The molecule has 0 aromatic heterocycles. The fourth-order valence-corrected chi connectivity index (χ4v) is 1.56. The van der Waals surface area contributed by atoms with E-state index in [4.69, 9.17) is 14.9 Å². The summed E-state index contributed by atoms with van der Waals surface area (Å²) in [6, 6.07) is 0. The van der Waals surface area contributed by atoms with E-state index < -0.39 is 6.10 Å². The van der Waals surface area contributed by atoms with Gasteiger partial charge >= 0.3 is 0 Å². The Bertz CT molecular complexity index is 142. The third-order valence-corrected chi connectivity index (χ3v) is 2.74. The molecular formula is C9H19NO3. The molecule has 0 aliphatic heterocycles. The summed E-state index contributed by atoms with van der Waals surface area (Å²) in [4.78, 5) is 0. The number of ether oxygens (including phenoxy) is 1. The minimum Gasteiger partial charge on any atom is -0.394 e. The van der Waals surface area contributed by atoms with Gasteiger partial charge in [0.2, 0.25) is 0 Å². The van der Waals surface area contributed by atoms with E-state index in [2.05, 4.69) is 5.32 Å². The highest BCUT2D eigenvalue weighted by Crippen LogP contribution is 2.34. The molecule has 0 aromatic carbocycles. The fraction of sp³-hybridized carbons (Fsp3) is 1.00. The molecule has 0 bridgehead atoms. The topological polar surface area (TPSA) is 61.7 Å². The lowest BCUT2D eigenvalue weighted by Crippen LogP contribution is -2.49. The Morgan fingerprint density at radius 1 is 1.54 bits per heavy atom. The lowest BCUT2D eigenvalue weighted by Gasteiger charge is -2.40. The standard InChI is InChI=1S/C9H19NO3/c1-13-9(3-2-4-9)7-10-5-8(12)6-11/h8,10-12H,2-7H2,1H3/t8-/m0/s1. The SMILES string of the molecule is COC1(CNC[C@H](O)CO)CCC1. The van der Waals surface area contributed by atoms with Gasteiger partial charge in [0.05, 0.1) is 18.3 Å². The summed E-state index contributed by atoms with van der Waals surface area (Å²) in [5.74, 6) is 0. The van der Waals surface area contributed by atoms with Crippen LogP contribution in [0.15, 0.2) is 0 Å². The van der Waals surface area contributed by atoms with Gasteiger partial charge in [0.25, 0.3) is 0 Å². The summed E-state index contributed by atoms with van der Waals surface area (Å²) in [6.45, 7) is 1.01. The van der Waals surface area contributed by atoms with Crippen LogP contribution in [0, 0.1) is 0 Å². The van der Waals surface area contributed by atoms with E-state index in [-0.39, 0.29) is 12.2 Å². The highest BCUT2D eigenvalue weighted by atomic mass is 16.5. The molecule has 1 saturated carbocycles. The van der Waals surface area contributed by atoms with E-state index >= 15 is 0 Å². The normalized spacial score (nSPS) is 22.4. The predicted octanol–water partition coefficient (Wildman–Crippen LogP) is -0.502. The Balaban J connectivity index is 2.10. The van der Waals surface area contributed by atoms with Gasteiger partial charge in [-0.2, -0.15) is 0 Å². The maximum atomic E-state index is 9.06. The molecule has 0 radical (unpaired) electrons. The maximum Gasteiger partial charge on any atom is 0.0894 e. The van der Waals surface area contributed by atoms with Crippen molar-refractivity contribution < 1.29 is 14.9 Å². The number of nitrogens with one attached hydrogen (secondary N) is 1. The largest absolute Gasteiger partial charge is 0.394 e. The molecule has 78 valence electrons. The van der Waals surface area contributed by atoms with Gasteiger partial charge in [0.15, 0.2) is 0 Å². The third-order valence-electron chi connectivity index (χ3n) is 2.74. The number of aliphatic hydroxyl groups is 2. The van der Waals surface area contributed by atoms with Crippen molar-refractivity contribution in [3.8, 4) is 0 Å². The van der Waals surface area contributed by atoms with Crippen molar-refractivity contribution in [1.29, 1.82) is 0 Å². The summed E-state index contributed by atoms with van der Waals surface area (Å²) in [7, 11) is 1.73. The lowest BCUT2D eigenvalue weighted by molar-refractivity contribution is -0.0707. The molecule has 0 aromatic rings. The quantitative estimate of drug-likeness (QED) is 0.527. The molecule has 3 N–H and O–H groups in total. The molecule has 0 saturated heterocycles. The molecule has 1 rings (SSSR count). The molecule has 13 heavy (non-hydrogen) atoms. The Morgan fingerprint density at radius 2 is 2.23 bits per heavy atom. The molecule has 0 spiro atoms. The molecule has 1 aliphatic rings. The van der Waals surface area contributed by atoms with Crippen LogP contribution in [-0.2, 0) is 4.74 Å². The number of aliphatic hydroxyl groups excluding tert-OH is 2. The average Bonchev–Trinajstić information content (AvgIpc) is 2.09. The minimum absolute atomic E-state index is 0.00479. The van der Waals surface area contributed by atoms with Gasteiger partial charge in [-0.25, -0.2) is 0 Å². The molecule has 0 heterocycles. The van der Waals surface area contributed by atoms with E-state index in [9.17, 15) is 0 Å². The second kappa shape index (κ2) is 4.91. The Morgan fingerprint density at radius 3 is 2.62 bits per heavy atom. The first-order chi connectivity index (χ1) is 6.22. The second-order valence-corrected chi connectivity index (χ2v) is 3.71. The monoisotopic (exact) mass is 189 g/mol. The lowest BCUT2D eigenvalue weighted by atomic mass is 9.80. The van der Waals surface area contributed by atoms with Crippen LogP contribution in [-0.4, -0.2) is 48.7 Å². The van der Waals surface area contributed by atoms with Gasteiger partial charge in [0, 0.05) is 20.2 Å². The summed E-state index contributed by atoms with van der Waals surface area (Å²) < 4.78 is 5.38. The summed E-state index contributed by atoms with van der Waals surface area (Å²) in [5, 5.41) is 20.7. The van der Waals surface area contributed by atoms with Crippen LogP contribution >= 0.6 is 0 Å². The summed E-state index contributed by atoms with van der Waals surface area (Å²) in [5.41, 5.74) is -0.00479. The van der Waals surface area contributed by atoms with Crippen molar-refractivity contribution in [3.63, 3.8) is 0 Å². The molecule has 0 amide bonds. The highest BCUT2D eigenvalue weighted by molar-refractivity contribution is 4.91. The molecule has 4 nitrogen and oxygen atoms in total. The van der Waals surface area contributed by atoms with Crippen molar-refractivity contribution in [2.45, 2.75) is 31.0 Å². The van der Waals surface area contributed by atoms with E-state index in [1.165, 1.54) is 6.42 Å². The van der Waals surface area contributed by atoms with E-state index in [1.807, 2.05) is 0 Å². The zero-order valence-electron chi connectivity index (χ0n) is 8.12. The van der Waals surface area contributed by atoms with E-state index in [0.29, 0.717) is 6.54 Å². The smallest absolute Gasteiger partial charge is 0.0894 e. The predicted molar refractivity (Wildman–Crippen MR) is 49.6 cm³/mol. The van der Waals surface area contributed by atoms with Gasteiger partial charge in [-0.3, -0.25) is 0 Å².